The third-order valence-electron chi connectivity index (χ3n) is 3.44. The zero-order chi connectivity index (χ0) is 13.1. The average molecular weight is 248 g/mol. The van der Waals surface area contributed by atoms with E-state index in [9.17, 15) is 0 Å². The van der Waals surface area contributed by atoms with E-state index < -0.39 is 0 Å². The van der Waals surface area contributed by atoms with Gasteiger partial charge in [0.1, 0.15) is 0 Å². The minimum absolute atomic E-state index is 1.09. The van der Waals surface area contributed by atoms with Gasteiger partial charge in [-0.05, 0) is 40.8 Å². The van der Waals surface area contributed by atoms with E-state index >= 15 is 0 Å². The Morgan fingerprint density at radius 1 is 0.895 bits per heavy atom. The molecule has 3 aromatic carbocycles. The Labute approximate surface area is 114 Å². The first-order chi connectivity index (χ1) is 9.38. The van der Waals surface area contributed by atoms with Crippen LogP contribution in [0.4, 0.5) is 5.69 Å². The predicted octanol–water partition coefficient (Wildman–Crippen LogP) is 5.37. The van der Waals surface area contributed by atoms with Crippen molar-refractivity contribution in [1.82, 2.24) is 0 Å². The van der Waals surface area contributed by atoms with Crippen molar-refractivity contribution in [2.24, 2.45) is 0 Å². The number of nitrogens with one attached hydrogen (secondary N) is 1. The van der Waals surface area contributed by atoms with Gasteiger partial charge in [-0.25, -0.2) is 0 Å². The van der Waals surface area contributed by atoms with E-state index in [1.807, 2.05) is 0 Å². The molecule has 3 aromatic rings. The van der Waals surface area contributed by atoms with Gasteiger partial charge in [-0.3, -0.25) is 0 Å². The van der Waals surface area contributed by atoms with Crippen molar-refractivity contribution in [1.29, 1.82) is 0 Å². The number of anilines is 1. The predicted molar refractivity (Wildman–Crippen MR) is 84.3 cm³/mol. The van der Waals surface area contributed by atoms with Crippen molar-refractivity contribution in [2.45, 2.75) is 19.8 Å². The van der Waals surface area contributed by atoms with Crippen LogP contribution in [0.3, 0.4) is 0 Å². The van der Waals surface area contributed by atoms with E-state index in [1.165, 1.54) is 33.7 Å². The molecule has 0 saturated carbocycles. The number of hydrogen-bond acceptors (Lipinski definition) is 1. The van der Waals surface area contributed by atoms with Crippen LogP contribution in [0.15, 0.2) is 54.6 Å². The first-order valence-corrected chi connectivity index (χ1v) is 6.88. The summed E-state index contributed by atoms with van der Waals surface area (Å²) in [4.78, 5) is 0. The van der Waals surface area contributed by atoms with Crippen molar-refractivity contribution in [3.63, 3.8) is 0 Å². The minimum Gasteiger partial charge on any atom is -0.380 e. The lowest BCUT2D eigenvalue weighted by molar-refractivity contribution is 0.906. The van der Waals surface area contributed by atoms with Gasteiger partial charge >= 0.3 is 0 Å². The van der Waals surface area contributed by atoms with Crippen LogP contribution in [0.2, 0.25) is 0 Å². The number of benzene rings is 3. The van der Waals surface area contributed by atoms with Crippen LogP contribution in [0.5, 0.6) is 0 Å². The molecule has 0 saturated heterocycles. The Morgan fingerprint density at radius 2 is 1.63 bits per heavy atom. The second-order valence-corrected chi connectivity index (χ2v) is 4.86. The maximum absolute atomic E-state index is 3.43. The minimum atomic E-state index is 1.09. The normalized spacial score (nSPS) is 11.0. The Kier molecular flexibility index (Phi) is 3.37. The molecule has 0 amide bonds. The summed E-state index contributed by atoms with van der Waals surface area (Å²) in [6, 6.07) is 19.5. The Bertz CT molecular complexity index is 700. The standard InChI is InChI=1S/C18H18N/c1-2-3-11-19-18-10-6-9-16-12-14-7-4-5-8-15(14)13-17(16)18/h4-13,19H,2-3H2,1H3. The van der Waals surface area contributed by atoms with Gasteiger partial charge in [0.2, 0.25) is 0 Å². The van der Waals surface area contributed by atoms with Crippen molar-refractivity contribution in [2.75, 3.05) is 5.32 Å². The summed E-state index contributed by atoms with van der Waals surface area (Å²) >= 11 is 0. The molecule has 0 heterocycles. The van der Waals surface area contributed by atoms with Gasteiger partial charge in [0.05, 0.1) is 0 Å². The average Bonchev–Trinajstić information content (AvgIpc) is 2.46. The SMILES string of the molecule is CCC[CH]Nc1cccc2cc3ccccc3cc12. The fraction of sp³-hybridized carbons (Fsp3) is 0.167. The monoisotopic (exact) mass is 248 g/mol. The van der Waals surface area contributed by atoms with E-state index in [1.54, 1.807) is 0 Å². The number of rotatable bonds is 4. The maximum atomic E-state index is 3.43. The molecular weight excluding hydrogens is 230 g/mol. The molecule has 0 fully saturated rings. The van der Waals surface area contributed by atoms with Gasteiger partial charge in [0.25, 0.3) is 0 Å². The molecule has 19 heavy (non-hydrogen) atoms. The van der Waals surface area contributed by atoms with Gasteiger partial charge < -0.3 is 5.32 Å². The van der Waals surface area contributed by atoms with E-state index in [2.05, 4.69) is 73.4 Å². The molecule has 0 aliphatic carbocycles. The highest BCUT2D eigenvalue weighted by Gasteiger charge is 2.02. The molecule has 0 aliphatic rings. The third kappa shape index (κ3) is 2.41. The Morgan fingerprint density at radius 3 is 2.42 bits per heavy atom. The van der Waals surface area contributed by atoms with Crippen molar-refractivity contribution in [3.05, 3.63) is 61.1 Å². The molecule has 0 aliphatic heterocycles. The molecule has 0 bridgehead atoms. The van der Waals surface area contributed by atoms with Gasteiger partial charge in [0.15, 0.2) is 0 Å². The van der Waals surface area contributed by atoms with Gasteiger partial charge in [-0.15, -0.1) is 0 Å². The van der Waals surface area contributed by atoms with Gasteiger partial charge in [0, 0.05) is 17.6 Å². The number of fused-ring (bicyclic) bond motifs is 2. The van der Waals surface area contributed by atoms with Crippen molar-refractivity contribution in [3.8, 4) is 0 Å². The summed E-state index contributed by atoms with van der Waals surface area (Å²) in [5.74, 6) is 0. The lowest BCUT2D eigenvalue weighted by Gasteiger charge is -2.10. The summed E-state index contributed by atoms with van der Waals surface area (Å²) < 4.78 is 0. The summed E-state index contributed by atoms with van der Waals surface area (Å²) in [6.45, 7) is 4.33. The molecule has 0 unspecified atom stereocenters. The molecule has 1 N–H and O–H groups in total. The summed E-state index contributed by atoms with van der Waals surface area (Å²) in [5, 5.41) is 8.59. The van der Waals surface area contributed by atoms with Crippen LogP contribution in [-0.2, 0) is 0 Å². The summed E-state index contributed by atoms with van der Waals surface area (Å²) in [6.07, 6.45) is 2.25. The lowest BCUT2D eigenvalue weighted by Crippen LogP contribution is -1.95. The Hall–Kier alpha value is -2.02. The highest BCUT2D eigenvalue weighted by atomic mass is 14.9. The second-order valence-electron chi connectivity index (χ2n) is 4.86. The van der Waals surface area contributed by atoms with E-state index in [-0.39, 0.29) is 0 Å². The summed E-state index contributed by atoms with van der Waals surface area (Å²) in [7, 11) is 0. The molecule has 1 heteroatoms. The quantitative estimate of drug-likeness (QED) is 0.483. The first kappa shape index (κ1) is 12.0. The zero-order valence-corrected chi connectivity index (χ0v) is 11.2. The van der Waals surface area contributed by atoms with Crippen LogP contribution in [0, 0.1) is 6.54 Å². The first-order valence-electron chi connectivity index (χ1n) is 6.88. The van der Waals surface area contributed by atoms with Crippen LogP contribution >= 0.6 is 0 Å². The molecule has 1 nitrogen and oxygen atoms in total. The smallest absolute Gasteiger partial charge is 0.0462 e. The number of unbranched alkanes of at least 4 members (excludes halogenated alkanes) is 1. The lowest BCUT2D eigenvalue weighted by atomic mass is 10.0. The Balaban J connectivity index is 2.09. The largest absolute Gasteiger partial charge is 0.380 e. The number of hydrogen-bond donors (Lipinski definition) is 1. The third-order valence-corrected chi connectivity index (χ3v) is 3.44. The second kappa shape index (κ2) is 5.31. The van der Waals surface area contributed by atoms with E-state index in [0.29, 0.717) is 0 Å². The van der Waals surface area contributed by atoms with Crippen LogP contribution in [-0.4, -0.2) is 0 Å². The molecule has 0 aromatic heterocycles. The van der Waals surface area contributed by atoms with Gasteiger partial charge in [-0.2, -0.15) is 0 Å². The zero-order valence-electron chi connectivity index (χ0n) is 11.2. The van der Waals surface area contributed by atoms with Crippen LogP contribution in [0.25, 0.3) is 21.5 Å². The topological polar surface area (TPSA) is 12.0 Å². The molecule has 95 valence electrons. The molecule has 0 atom stereocenters. The fourth-order valence-corrected chi connectivity index (χ4v) is 2.42. The molecule has 0 spiro atoms. The highest BCUT2D eigenvalue weighted by Crippen LogP contribution is 2.28. The molecular formula is C18H18N. The highest BCUT2D eigenvalue weighted by molar-refractivity contribution is 6.03. The van der Waals surface area contributed by atoms with Crippen LogP contribution < -0.4 is 5.32 Å². The fourth-order valence-electron chi connectivity index (χ4n) is 2.42. The molecule has 1 radical (unpaired) electrons. The summed E-state index contributed by atoms with van der Waals surface area (Å²) in [5.41, 5.74) is 1.19. The van der Waals surface area contributed by atoms with E-state index in [4.69, 9.17) is 0 Å². The molecule has 3 rings (SSSR count). The van der Waals surface area contributed by atoms with Crippen molar-refractivity contribution < 1.29 is 0 Å². The van der Waals surface area contributed by atoms with Gasteiger partial charge in [-0.1, -0.05) is 49.7 Å². The van der Waals surface area contributed by atoms with Crippen molar-refractivity contribution >= 4 is 27.2 Å². The maximum Gasteiger partial charge on any atom is 0.0462 e. The van der Waals surface area contributed by atoms with Crippen LogP contribution in [0.1, 0.15) is 19.8 Å². The van der Waals surface area contributed by atoms with E-state index in [0.717, 1.165) is 6.42 Å².